The lowest BCUT2D eigenvalue weighted by Gasteiger charge is -2.16. The van der Waals surface area contributed by atoms with Crippen molar-refractivity contribution < 1.29 is 0 Å². The first-order chi connectivity index (χ1) is 6.56. The monoisotopic (exact) mass is 188 g/mol. The van der Waals surface area contributed by atoms with Crippen LogP contribution in [-0.2, 0) is 0 Å². The van der Waals surface area contributed by atoms with E-state index in [0.29, 0.717) is 5.92 Å². The summed E-state index contributed by atoms with van der Waals surface area (Å²) >= 11 is 0. The third-order valence-electron chi connectivity index (χ3n) is 2.27. The van der Waals surface area contributed by atoms with Crippen molar-refractivity contribution in [1.82, 2.24) is 0 Å². The summed E-state index contributed by atoms with van der Waals surface area (Å²) in [5.41, 5.74) is 3.05. The van der Waals surface area contributed by atoms with Crippen LogP contribution in [0.3, 0.4) is 0 Å². The third-order valence-corrected chi connectivity index (χ3v) is 2.27. The minimum absolute atomic E-state index is 0.402. The summed E-state index contributed by atoms with van der Waals surface area (Å²) in [4.78, 5) is 5.58. The molecule has 2 nitrogen and oxygen atoms in total. The minimum atomic E-state index is 0.402. The maximum atomic E-state index is 7.07. The Morgan fingerprint density at radius 1 is 1.29 bits per heavy atom. The number of benzene rings is 1. The van der Waals surface area contributed by atoms with E-state index in [2.05, 4.69) is 29.7 Å². The Bertz CT molecular complexity index is 359. The van der Waals surface area contributed by atoms with Crippen LogP contribution in [0.4, 0.5) is 11.4 Å². The summed E-state index contributed by atoms with van der Waals surface area (Å²) in [6.07, 6.45) is 0. The molecule has 0 aliphatic rings. The van der Waals surface area contributed by atoms with Gasteiger partial charge >= 0.3 is 0 Å². The summed E-state index contributed by atoms with van der Waals surface area (Å²) in [6.45, 7) is 11.3. The van der Waals surface area contributed by atoms with Crippen molar-refractivity contribution in [2.45, 2.75) is 19.8 Å². The molecule has 0 N–H and O–H groups in total. The van der Waals surface area contributed by atoms with Gasteiger partial charge in [-0.2, -0.15) is 0 Å². The fourth-order valence-electron chi connectivity index (χ4n) is 1.38. The van der Waals surface area contributed by atoms with Gasteiger partial charge in [0, 0.05) is 19.8 Å². The number of anilines is 1. The van der Waals surface area contributed by atoms with Gasteiger partial charge in [-0.05, 0) is 23.6 Å². The molecule has 0 heterocycles. The predicted octanol–water partition coefficient (Wildman–Crippen LogP) is 3.43. The molecule has 0 spiro atoms. The smallest absolute Gasteiger partial charge is 0.190 e. The van der Waals surface area contributed by atoms with Crippen LogP contribution < -0.4 is 4.90 Å². The fourth-order valence-corrected chi connectivity index (χ4v) is 1.38. The molecule has 0 radical (unpaired) electrons. The van der Waals surface area contributed by atoms with Crippen molar-refractivity contribution >= 4 is 11.4 Å². The molecule has 74 valence electrons. The first kappa shape index (κ1) is 10.6. The Morgan fingerprint density at radius 3 is 2.36 bits per heavy atom. The molecule has 0 fully saturated rings. The highest BCUT2D eigenvalue weighted by atomic mass is 15.1. The van der Waals surface area contributed by atoms with Crippen LogP contribution in [0, 0.1) is 6.57 Å². The van der Waals surface area contributed by atoms with Crippen LogP contribution in [0.25, 0.3) is 4.85 Å². The van der Waals surface area contributed by atoms with Crippen LogP contribution in [0.1, 0.15) is 25.3 Å². The van der Waals surface area contributed by atoms with Gasteiger partial charge in [0.25, 0.3) is 0 Å². The topological polar surface area (TPSA) is 7.60 Å². The number of hydrogen-bond donors (Lipinski definition) is 0. The van der Waals surface area contributed by atoms with Crippen molar-refractivity contribution in [3.8, 4) is 0 Å². The predicted molar refractivity (Wildman–Crippen MR) is 61.1 cm³/mol. The second kappa shape index (κ2) is 4.15. The van der Waals surface area contributed by atoms with E-state index in [4.69, 9.17) is 6.57 Å². The molecule has 0 aliphatic heterocycles. The van der Waals surface area contributed by atoms with E-state index < -0.39 is 0 Å². The first-order valence-corrected chi connectivity index (χ1v) is 4.75. The van der Waals surface area contributed by atoms with E-state index in [1.165, 1.54) is 0 Å². The molecule has 1 aromatic carbocycles. The molecule has 0 amide bonds. The van der Waals surface area contributed by atoms with Crippen LogP contribution in [0.2, 0.25) is 0 Å². The van der Waals surface area contributed by atoms with Crippen LogP contribution >= 0.6 is 0 Å². The van der Waals surface area contributed by atoms with Crippen LogP contribution in [-0.4, -0.2) is 14.1 Å². The molecule has 0 aliphatic carbocycles. The Morgan fingerprint density at radius 2 is 1.93 bits per heavy atom. The highest BCUT2D eigenvalue weighted by molar-refractivity contribution is 5.61. The standard InChI is InChI=1S/C12H16N2/c1-9(2)11-8-10(14(4)5)6-7-12(11)13-3/h6-9H,1-2,4-5H3. The quantitative estimate of drug-likeness (QED) is 0.645. The third kappa shape index (κ3) is 2.05. The Balaban J connectivity index is 3.23. The van der Waals surface area contributed by atoms with E-state index in [1.54, 1.807) is 0 Å². The molecule has 0 saturated carbocycles. The van der Waals surface area contributed by atoms with Gasteiger partial charge in [-0.25, -0.2) is 4.85 Å². The fraction of sp³-hybridized carbons (Fsp3) is 0.417. The van der Waals surface area contributed by atoms with E-state index >= 15 is 0 Å². The largest absolute Gasteiger partial charge is 0.378 e. The van der Waals surface area contributed by atoms with E-state index in [9.17, 15) is 0 Å². The zero-order chi connectivity index (χ0) is 10.7. The van der Waals surface area contributed by atoms with Gasteiger partial charge in [-0.3, -0.25) is 0 Å². The summed E-state index contributed by atoms with van der Waals surface area (Å²) in [5.74, 6) is 0.402. The average Bonchev–Trinajstić information content (AvgIpc) is 2.16. The van der Waals surface area contributed by atoms with E-state index in [1.807, 2.05) is 26.2 Å². The number of nitrogens with zero attached hydrogens (tertiary/aromatic N) is 2. The van der Waals surface area contributed by atoms with Crippen LogP contribution in [0.5, 0.6) is 0 Å². The molecule has 1 rings (SSSR count). The van der Waals surface area contributed by atoms with Gasteiger partial charge in [0.2, 0.25) is 0 Å². The van der Waals surface area contributed by atoms with Crippen molar-refractivity contribution in [3.05, 3.63) is 35.2 Å². The molecule has 0 aromatic heterocycles. The van der Waals surface area contributed by atoms with Crippen molar-refractivity contribution in [2.75, 3.05) is 19.0 Å². The summed E-state index contributed by atoms with van der Waals surface area (Å²) in [7, 11) is 4.02. The van der Waals surface area contributed by atoms with Gasteiger partial charge in [-0.1, -0.05) is 19.9 Å². The maximum absolute atomic E-state index is 7.07. The molecular weight excluding hydrogens is 172 g/mol. The van der Waals surface area contributed by atoms with E-state index in [0.717, 1.165) is 16.9 Å². The van der Waals surface area contributed by atoms with Crippen LogP contribution in [0.15, 0.2) is 18.2 Å². The molecule has 14 heavy (non-hydrogen) atoms. The average molecular weight is 188 g/mol. The van der Waals surface area contributed by atoms with Gasteiger partial charge in [0.1, 0.15) is 0 Å². The maximum Gasteiger partial charge on any atom is 0.190 e. The second-order valence-corrected chi connectivity index (χ2v) is 3.90. The Labute approximate surface area is 86.0 Å². The molecule has 1 aromatic rings. The lowest BCUT2D eigenvalue weighted by atomic mass is 10.0. The summed E-state index contributed by atoms with van der Waals surface area (Å²) in [5, 5.41) is 0. The van der Waals surface area contributed by atoms with Crippen molar-refractivity contribution in [2.24, 2.45) is 0 Å². The summed E-state index contributed by atoms with van der Waals surface area (Å²) < 4.78 is 0. The van der Waals surface area contributed by atoms with Gasteiger partial charge in [0.15, 0.2) is 5.69 Å². The lowest BCUT2D eigenvalue weighted by Crippen LogP contribution is -2.08. The molecule has 2 heteroatoms. The number of hydrogen-bond acceptors (Lipinski definition) is 1. The molecule has 0 bridgehead atoms. The summed E-state index contributed by atoms with van der Waals surface area (Å²) in [6, 6.07) is 5.98. The molecule has 0 atom stereocenters. The highest BCUT2D eigenvalue weighted by Crippen LogP contribution is 2.30. The molecule has 0 saturated heterocycles. The van der Waals surface area contributed by atoms with Crippen molar-refractivity contribution in [1.29, 1.82) is 0 Å². The zero-order valence-electron chi connectivity index (χ0n) is 9.20. The second-order valence-electron chi connectivity index (χ2n) is 3.90. The SMILES string of the molecule is [C-]#[N+]c1ccc(N(C)C)cc1C(C)C. The minimum Gasteiger partial charge on any atom is -0.378 e. The Kier molecular flexibility index (Phi) is 3.14. The van der Waals surface area contributed by atoms with Gasteiger partial charge in [0.05, 0.1) is 6.57 Å². The van der Waals surface area contributed by atoms with Gasteiger partial charge in [-0.15, -0.1) is 0 Å². The van der Waals surface area contributed by atoms with Gasteiger partial charge < -0.3 is 4.90 Å². The number of rotatable bonds is 2. The Hall–Kier alpha value is -1.49. The zero-order valence-corrected chi connectivity index (χ0v) is 9.20. The normalized spacial score (nSPS) is 10.0. The first-order valence-electron chi connectivity index (χ1n) is 4.75. The van der Waals surface area contributed by atoms with Crippen molar-refractivity contribution in [3.63, 3.8) is 0 Å². The molecule has 0 unspecified atom stereocenters. The lowest BCUT2D eigenvalue weighted by molar-refractivity contribution is 0.870. The highest BCUT2D eigenvalue weighted by Gasteiger charge is 2.07. The van der Waals surface area contributed by atoms with E-state index in [-0.39, 0.29) is 0 Å². The molecular formula is C12H16N2.